The van der Waals surface area contributed by atoms with Crippen LogP contribution in [0.1, 0.15) is 74.2 Å². The van der Waals surface area contributed by atoms with Crippen molar-refractivity contribution >= 4 is 39.9 Å². The summed E-state index contributed by atoms with van der Waals surface area (Å²) in [6.07, 6.45) is 3.81. The first-order valence-electron chi connectivity index (χ1n) is 10.3. The van der Waals surface area contributed by atoms with E-state index in [4.69, 9.17) is 0 Å². The highest BCUT2D eigenvalue weighted by atomic mass is 32.2. The summed E-state index contributed by atoms with van der Waals surface area (Å²) in [5, 5.41) is 10.9. The molecule has 0 spiro atoms. The molecule has 5 nitrogen and oxygen atoms in total. The summed E-state index contributed by atoms with van der Waals surface area (Å²) in [5.41, 5.74) is -0.861. The van der Waals surface area contributed by atoms with Gasteiger partial charge in [0.2, 0.25) is 11.0 Å². The van der Waals surface area contributed by atoms with Gasteiger partial charge in [-0.05, 0) is 18.6 Å². The molecule has 0 aliphatic rings. The lowest BCUT2D eigenvalue weighted by molar-refractivity contribution is -0.137. The number of carbonyl (C=O) groups is 2. The predicted octanol–water partition coefficient (Wildman–Crippen LogP) is 6.61. The number of ketones is 1. The standard InChI is InChI=1S/C21H26F3N3O2S2/c1-2-3-4-5-6-7-8-12-18(29)25-19-26-27-20(31-19)30-14-17(28)15-10-9-11-16(13-15)21(22,23)24/h9-11,13H,2-8,12,14H2,1H3,(H,25,26,29). The zero-order chi connectivity index (χ0) is 22.7. The maximum Gasteiger partial charge on any atom is 0.416 e. The number of amides is 1. The number of nitrogens with zero attached hydrogens (tertiary/aromatic N) is 2. The summed E-state index contributed by atoms with van der Waals surface area (Å²) in [6.45, 7) is 2.18. The highest BCUT2D eigenvalue weighted by Crippen LogP contribution is 2.30. The molecule has 1 aromatic heterocycles. The van der Waals surface area contributed by atoms with Crippen LogP contribution in [0.25, 0.3) is 0 Å². The number of nitrogens with one attached hydrogen (secondary N) is 1. The van der Waals surface area contributed by atoms with Crippen molar-refractivity contribution in [3.63, 3.8) is 0 Å². The van der Waals surface area contributed by atoms with E-state index in [-0.39, 0.29) is 17.2 Å². The van der Waals surface area contributed by atoms with E-state index < -0.39 is 17.5 Å². The van der Waals surface area contributed by atoms with Crippen LogP contribution in [0.4, 0.5) is 18.3 Å². The van der Waals surface area contributed by atoms with Gasteiger partial charge in [-0.25, -0.2) is 0 Å². The number of anilines is 1. The van der Waals surface area contributed by atoms with E-state index in [0.29, 0.717) is 15.9 Å². The predicted molar refractivity (Wildman–Crippen MR) is 118 cm³/mol. The number of aromatic nitrogens is 2. The van der Waals surface area contributed by atoms with Gasteiger partial charge in [0.1, 0.15) is 0 Å². The molecule has 0 saturated heterocycles. The van der Waals surface area contributed by atoms with Crippen LogP contribution in [0.2, 0.25) is 0 Å². The average molecular weight is 474 g/mol. The van der Waals surface area contributed by atoms with E-state index in [9.17, 15) is 22.8 Å². The fourth-order valence-corrected chi connectivity index (χ4v) is 4.49. The quantitative estimate of drug-likeness (QED) is 0.153. The van der Waals surface area contributed by atoms with Crippen LogP contribution in [0.3, 0.4) is 0 Å². The Labute approximate surface area is 188 Å². The summed E-state index contributed by atoms with van der Waals surface area (Å²) < 4.78 is 38.8. The van der Waals surface area contributed by atoms with Crippen molar-refractivity contribution < 1.29 is 22.8 Å². The smallest absolute Gasteiger partial charge is 0.301 e. The zero-order valence-corrected chi connectivity index (χ0v) is 19.0. The number of Topliss-reactive ketones (excluding diaryl/α,β-unsaturated/α-hetero) is 1. The monoisotopic (exact) mass is 473 g/mol. The van der Waals surface area contributed by atoms with Crippen molar-refractivity contribution in [2.24, 2.45) is 0 Å². The van der Waals surface area contributed by atoms with E-state index in [2.05, 4.69) is 22.4 Å². The number of halogens is 3. The van der Waals surface area contributed by atoms with Crippen molar-refractivity contribution in [2.75, 3.05) is 11.1 Å². The maximum atomic E-state index is 12.8. The second-order valence-electron chi connectivity index (χ2n) is 7.08. The summed E-state index contributed by atoms with van der Waals surface area (Å²) in [7, 11) is 0. The Bertz CT molecular complexity index is 856. The molecule has 0 fully saturated rings. The largest absolute Gasteiger partial charge is 0.416 e. The molecule has 170 valence electrons. The molecule has 0 atom stereocenters. The van der Waals surface area contributed by atoms with Gasteiger partial charge in [-0.15, -0.1) is 10.2 Å². The van der Waals surface area contributed by atoms with Gasteiger partial charge in [0.25, 0.3) is 0 Å². The van der Waals surface area contributed by atoms with Gasteiger partial charge in [0.15, 0.2) is 10.1 Å². The molecule has 1 amide bonds. The van der Waals surface area contributed by atoms with Gasteiger partial charge in [0.05, 0.1) is 11.3 Å². The summed E-state index contributed by atoms with van der Waals surface area (Å²) in [5.74, 6) is -0.626. The van der Waals surface area contributed by atoms with E-state index in [1.807, 2.05) is 0 Å². The topological polar surface area (TPSA) is 72.0 Å². The highest BCUT2D eigenvalue weighted by Gasteiger charge is 2.30. The average Bonchev–Trinajstić information content (AvgIpc) is 3.18. The lowest BCUT2D eigenvalue weighted by Gasteiger charge is -2.07. The van der Waals surface area contributed by atoms with Crippen LogP contribution >= 0.6 is 23.1 Å². The van der Waals surface area contributed by atoms with Gasteiger partial charge in [-0.1, -0.05) is 80.7 Å². The van der Waals surface area contributed by atoms with Crippen molar-refractivity contribution in [2.45, 2.75) is 68.8 Å². The van der Waals surface area contributed by atoms with Crippen LogP contribution in [-0.2, 0) is 11.0 Å². The Morgan fingerprint density at radius 2 is 1.77 bits per heavy atom. The van der Waals surface area contributed by atoms with Gasteiger partial charge < -0.3 is 5.32 Å². The molecular formula is C21H26F3N3O2S2. The summed E-state index contributed by atoms with van der Waals surface area (Å²) in [6, 6.07) is 4.34. The number of carbonyl (C=O) groups excluding carboxylic acids is 2. The van der Waals surface area contributed by atoms with Crippen molar-refractivity contribution in [3.8, 4) is 0 Å². The number of unbranched alkanes of at least 4 members (excludes halogenated alkanes) is 6. The number of thioether (sulfide) groups is 1. The highest BCUT2D eigenvalue weighted by molar-refractivity contribution is 8.01. The molecule has 0 unspecified atom stereocenters. The van der Waals surface area contributed by atoms with Gasteiger partial charge >= 0.3 is 6.18 Å². The van der Waals surface area contributed by atoms with Crippen LogP contribution in [0.5, 0.6) is 0 Å². The Kier molecular flexibility index (Phi) is 10.5. The van der Waals surface area contributed by atoms with Crippen molar-refractivity contribution in [1.82, 2.24) is 10.2 Å². The Morgan fingerprint density at radius 1 is 1.06 bits per heavy atom. The number of alkyl halides is 3. The molecular weight excluding hydrogens is 447 g/mol. The number of rotatable bonds is 13. The first-order chi connectivity index (χ1) is 14.8. The minimum absolute atomic E-state index is 0.00457. The zero-order valence-electron chi connectivity index (χ0n) is 17.3. The summed E-state index contributed by atoms with van der Waals surface area (Å²) in [4.78, 5) is 24.2. The Hall–Kier alpha value is -1.94. The minimum Gasteiger partial charge on any atom is -0.301 e. The summed E-state index contributed by atoms with van der Waals surface area (Å²) >= 11 is 2.21. The molecule has 2 aromatic rings. The third kappa shape index (κ3) is 9.39. The second-order valence-corrected chi connectivity index (χ2v) is 9.28. The Balaban J connectivity index is 1.73. The maximum absolute atomic E-state index is 12.8. The van der Waals surface area contributed by atoms with E-state index in [0.717, 1.165) is 54.5 Å². The number of benzene rings is 1. The molecule has 0 aliphatic carbocycles. The lowest BCUT2D eigenvalue weighted by Crippen LogP contribution is -2.10. The SMILES string of the molecule is CCCCCCCCCC(=O)Nc1nnc(SCC(=O)c2cccc(C(F)(F)F)c2)s1. The first kappa shape index (κ1) is 25.3. The first-order valence-corrected chi connectivity index (χ1v) is 12.1. The normalized spacial score (nSPS) is 11.5. The molecule has 0 bridgehead atoms. The molecule has 10 heteroatoms. The van der Waals surface area contributed by atoms with E-state index in [1.54, 1.807) is 0 Å². The van der Waals surface area contributed by atoms with Crippen LogP contribution in [0.15, 0.2) is 28.6 Å². The fourth-order valence-electron chi connectivity index (χ4n) is 2.82. The molecule has 2 rings (SSSR count). The second kappa shape index (κ2) is 12.8. The Morgan fingerprint density at radius 3 is 2.48 bits per heavy atom. The molecule has 0 saturated carbocycles. The third-order valence-electron chi connectivity index (χ3n) is 4.50. The van der Waals surface area contributed by atoms with Crippen LogP contribution in [0, 0.1) is 0 Å². The van der Waals surface area contributed by atoms with Gasteiger partial charge in [-0.2, -0.15) is 13.2 Å². The molecule has 31 heavy (non-hydrogen) atoms. The van der Waals surface area contributed by atoms with Crippen molar-refractivity contribution in [3.05, 3.63) is 35.4 Å². The van der Waals surface area contributed by atoms with E-state index in [1.165, 1.54) is 37.8 Å². The van der Waals surface area contributed by atoms with Crippen LogP contribution < -0.4 is 5.32 Å². The molecule has 1 aromatic carbocycles. The third-order valence-corrected chi connectivity index (χ3v) is 6.47. The molecule has 1 heterocycles. The molecule has 0 aliphatic heterocycles. The van der Waals surface area contributed by atoms with E-state index >= 15 is 0 Å². The lowest BCUT2D eigenvalue weighted by atomic mass is 10.1. The van der Waals surface area contributed by atoms with Crippen molar-refractivity contribution in [1.29, 1.82) is 0 Å². The molecule has 1 N–H and O–H groups in total. The number of hydrogen-bond acceptors (Lipinski definition) is 6. The minimum atomic E-state index is -4.50. The van der Waals surface area contributed by atoms with Crippen LogP contribution in [-0.4, -0.2) is 27.6 Å². The van der Waals surface area contributed by atoms with Gasteiger partial charge in [-0.3, -0.25) is 9.59 Å². The van der Waals surface area contributed by atoms with Gasteiger partial charge in [0, 0.05) is 12.0 Å². The number of hydrogen-bond donors (Lipinski definition) is 1. The fraction of sp³-hybridized carbons (Fsp3) is 0.524. The molecule has 0 radical (unpaired) electrons.